The minimum atomic E-state index is -2.29. The van der Waals surface area contributed by atoms with Crippen molar-refractivity contribution in [2.24, 2.45) is 0 Å². The Balaban J connectivity index is 1.72. The van der Waals surface area contributed by atoms with E-state index in [0.717, 1.165) is 23.6 Å². The molecule has 0 aliphatic heterocycles. The zero-order chi connectivity index (χ0) is 22.9. The van der Waals surface area contributed by atoms with Crippen LogP contribution in [0.2, 0.25) is 6.04 Å². The third-order valence-electron chi connectivity index (χ3n) is 5.87. The topological polar surface area (TPSA) is 0 Å². The second kappa shape index (κ2) is 10.8. The fraction of sp³-hybridized carbons (Fsp3) is 0.0667. The second-order valence-electron chi connectivity index (χ2n) is 8.09. The predicted octanol–water partition coefficient (Wildman–Crippen LogP) is 6.58. The standard InChI is InChI=1S/C30H26F2Si/c31-27-19-15-25(16-20-27)9-7-23-33(29-11-3-1-4-12-29,30-13-5-2-6-14-30)24-8-10-26-17-21-28(32)22-18-26/h1-9,11-22,24H,10,23H2/b9-7+,24-8+. The average Bonchev–Trinajstić information content (AvgIpc) is 2.86. The van der Waals surface area contributed by atoms with Gasteiger partial charge in [-0.15, -0.1) is 0 Å². The van der Waals surface area contributed by atoms with Gasteiger partial charge in [-0.05, 0) is 58.2 Å². The lowest BCUT2D eigenvalue weighted by atomic mass is 10.1. The minimum Gasteiger partial charge on any atom is -0.207 e. The maximum atomic E-state index is 13.3. The van der Waals surface area contributed by atoms with E-state index in [1.165, 1.54) is 34.6 Å². The van der Waals surface area contributed by atoms with Gasteiger partial charge < -0.3 is 0 Å². The molecule has 0 nitrogen and oxygen atoms in total. The number of rotatable bonds is 8. The van der Waals surface area contributed by atoms with Crippen molar-refractivity contribution >= 4 is 24.5 Å². The maximum absolute atomic E-state index is 13.3. The summed E-state index contributed by atoms with van der Waals surface area (Å²) in [6, 6.07) is 35.5. The van der Waals surface area contributed by atoms with Crippen LogP contribution in [0, 0.1) is 11.6 Å². The van der Waals surface area contributed by atoms with Gasteiger partial charge in [-0.3, -0.25) is 0 Å². The largest absolute Gasteiger partial charge is 0.207 e. The van der Waals surface area contributed by atoms with Crippen LogP contribution >= 0.6 is 0 Å². The maximum Gasteiger partial charge on any atom is 0.144 e. The van der Waals surface area contributed by atoms with Gasteiger partial charge in [0, 0.05) is 0 Å². The summed E-state index contributed by atoms with van der Waals surface area (Å²) in [5, 5.41) is 2.66. The first-order valence-corrected chi connectivity index (χ1v) is 13.4. The number of allylic oxidation sites excluding steroid dienone is 2. The van der Waals surface area contributed by atoms with Crippen LogP contribution in [0.15, 0.2) is 127 Å². The van der Waals surface area contributed by atoms with E-state index in [0.29, 0.717) is 0 Å². The lowest BCUT2D eigenvalue weighted by Gasteiger charge is -2.29. The SMILES string of the molecule is Fc1ccc(/C=C/C[Si](/C=C/Cc2ccc(F)cc2)(c2ccccc2)c2ccccc2)cc1. The summed E-state index contributed by atoms with van der Waals surface area (Å²) in [6.45, 7) is 0. The Morgan fingerprint density at radius 2 is 1.09 bits per heavy atom. The Hall–Kier alpha value is -3.56. The highest BCUT2D eigenvalue weighted by Crippen LogP contribution is 2.17. The van der Waals surface area contributed by atoms with Crippen LogP contribution in [0.4, 0.5) is 8.78 Å². The van der Waals surface area contributed by atoms with Gasteiger partial charge in [0.05, 0.1) is 0 Å². The lowest BCUT2D eigenvalue weighted by Crippen LogP contribution is -2.56. The van der Waals surface area contributed by atoms with Crippen molar-refractivity contribution in [1.82, 2.24) is 0 Å². The summed E-state index contributed by atoms with van der Waals surface area (Å²) in [7, 11) is -2.29. The molecule has 0 aliphatic carbocycles. The minimum absolute atomic E-state index is 0.217. The number of benzene rings is 4. The van der Waals surface area contributed by atoms with Crippen molar-refractivity contribution in [1.29, 1.82) is 0 Å². The molecule has 164 valence electrons. The Kier molecular flexibility index (Phi) is 7.43. The first-order chi connectivity index (χ1) is 16.2. The summed E-state index contributed by atoms with van der Waals surface area (Å²) in [6.07, 6.45) is 7.25. The first-order valence-electron chi connectivity index (χ1n) is 11.1. The Morgan fingerprint density at radius 3 is 1.64 bits per heavy atom. The van der Waals surface area contributed by atoms with Crippen LogP contribution in [0.25, 0.3) is 6.08 Å². The van der Waals surface area contributed by atoms with E-state index in [1.54, 1.807) is 12.1 Å². The molecule has 0 fully saturated rings. The zero-order valence-electron chi connectivity index (χ0n) is 18.4. The quantitative estimate of drug-likeness (QED) is 0.265. The summed E-state index contributed by atoms with van der Waals surface area (Å²) < 4.78 is 26.6. The van der Waals surface area contributed by atoms with E-state index in [1.807, 2.05) is 24.3 Å². The molecule has 0 saturated carbocycles. The van der Waals surface area contributed by atoms with E-state index < -0.39 is 8.07 Å². The predicted molar refractivity (Wildman–Crippen MR) is 137 cm³/mol. The molecule has 0 spiro atoms. The molecule has 0 atom stereocenters. The van der Waals surface area contributed by atoms with Crippen molar-refractivity contribution in [2.45, 2.75) is 12.5 Å². The molecular weight excluding hydrogens is 426 g/mol. The van der Waals surface area contributed by atoms with Gasteiger partial charge in [0.25, 0.3) is 0 Å². The fourth-order valence-electron chi connectivity index (χ4n) is 4.11. The van der Waals surface area contributed by atoms with Crippen LogP contribution < -0.4 is 10.4 Å². The van der Waals surface area contributed by atoms with Crippen LogP contribution in [-0.4, -0.2) is 8.07 Å². The molecule has 0 heterocycles. The molecule has 0 bridgehead atoms. The fourth-order valence-corrected chi connectivity index (χ4v) is 8.02. The molecule has 0 aromatic heterocycles. The summed E-state index contributed by atoms with van der Waals surface area (Å²) in [5.41, 5.74) is 4.46. The average molecular weight is 453 g/mol. The molecule has 0 unspecified atom stereocenters. The molecule has 0 amide bonds. The van der Waals surface area contributed by atoms with Crippen LogP contribution in [0.3, 0.4) is 0 Å². The lowest BCUT2D eigenvalue weighted by molar-refractivity contribution is 0.627. The third-order valence-corrected chi connectivity index (χ3v) is 10.3. The van der Waals surface area contributed by atoms with Gasteiger partial charge in [0.2, 0.25) is 0 Å². The van der Waals surface area contributed by atoms with Gasteiger partial charge >= 0.3 is 0 Å². The Morgan fingerprint density at radius 1 is 0.576 bits per heavy atom. The van der Waals surface area contributed by atoms with Gasteiger partial charge in [-0.1, -0.05) is 109 Å². The van der Waals surface area contributed by atoms with Crippen molar-refractivity contribution in [2.75, 3.05) is 0 Å². The van der Waals surface area contributed by atoms with Gasteiger partial charge in [0.15, 0.2) is 0 Å². The van der Waals surface area contributed by atoms with Crippen LogP contribution in [-0.2, 0) is 6.42 Å². The molecular formula is C30H26F2Si. The number of hydrogen-bond donors (Lipinski definition) is 0. The van der Waals surface area contributed by atoms with E-state index in [2.05, 4.69) is 72.5 Å². The van der Waals surface area contributed by atoms with Crippen molar-refractivity contribution in [3.63, 3.8) is 0 Å². The van der Waals surface area contributed by atoms with E-state index >= 15 is 0 Å². The smallest absolute Gasteiger partial charge is 0.144 e. The molecule has 4 aromatic rings. The molecule has 4 rings (SSSR count). The number of hydrogen-bond acceptors (Lipinski definition) is 0. The van der Waals surface area contributed by atoms with E-state index in [4.69, 9.17) is 0 Å². The number of halogens is 2. The molecule has 0 aliphatic rings. The van der Waals surface area contributed by atoms with Crippen molar-refractivity contribution in [3.8, 4) is 0 Å². The molecule has 0 N–H and O–H groups in total. The highest BCUT2D eigenvalue weighted by molar-refractivity contribution is 7.06. The summed E-state index contributed by atoms with van der Waals surface area (Å²) >= 11 is 0. The first kappa shape index (κ1) is 22.6. The molecule has 0 saturated heterocycles. The van der Waals surface area contributed by atoms with Gasteiger partial charge in [-0.2, -0.15) is 0 Å². The molecule has 33 heavy (non-hydrogen) atoms. The van der Waals surface area contributed by atoms with E-state index in [9.17, 15) is 8.78 Å². The zero-order valence-corrected chi connectivity index (χ0v) is 19.4. The Bertz CT molecular complexity index is 1160. The second-order valence-corrected chi connectivity index (χ2v) is 11.9. The van der Waals surface area contributed by atoms with Crippen LogP contribution in [0.5, 0.6) is 0 Å². The molecule has 3 heteroatoms. The van der Waals surface area contributed by atoms with Crippen molar-refractivity contribution < 1.29 is 8.78 Å². The monoisotopic (exact) mass is 452 g/mol. The van der Waals surface area contributed by atoms with Gasteiger partial charge in [-0.25, -0.2) is 8.78 Å². The van der Waals surface area contributed by atoms with E-state index in [-0.39, 0.29) is 11.6 Å². The highest BCUT2D eigenvalue weighted by atomic mass is 28.3. The summed E-state index contributed by atoms with van der Waals surface area (Å²) in [5.74, 6) is -0.445. The van der Waals surface area contributed by atoms with Crippen LogP contribution in [0.1, 0.15) is 11.1 Å². The third kappa shape index (κ3) is 5.82. The highest BCUT2D eigenvalue weighted by Gasteiger charge is 2.33. The normalized spacial score (nSPS) is 11.9. The Labute approximate surface area is 195 Å². The molecule has 0 radical (unpaired) electrons. The van der Waals surface area contributed by atoms with Crippen molar-refractivity contribution in [3.05, 3.63) is 150 Å². The summed E-state index contributed by atoms with van der Waals surface area (Å²) in [4.78, 5) is 0. The molecule has 4 aromatic carbocycles. The van der Waals surface area contributed by atoms with Gasteiger partial charge in [0.1, 0.15) is 19.7 Å².